The molecule has 0 heterocycles. The second kappa shape index (κ2) is 6.62. The predicted molar refractivity (Wildman–Crippen MR) is 89.0 cm³/mol. The number of amides is 2. The van der Waals surface area contributed by atoms with Gasteiger partial charge in [-0.2, -0.15) is 0 Å². The van der Waals surface area contributed by atoms with E-state index in [0.717, 1.165) is 5.56 Å². The first-order valence-corrected chi connectivity index (χ1v) is 7.28. The quantitative estimate of drug-likeness (QED) is 0.791. The summed E-state index contributed by atoms with van der Waals surface area (Å²) in [6.45, 7) is 3.36. The third-order valence-electron chi connectivity index (χ3n) is 3.69. The van der Waals surface area contributed by atoms with E-state index >= 15 is 0 Å². The lowest BCUT2D eigenvalue weighted by Crippen LogP contribution is -2.28. The normalized spacial score (nSPS) is 13.2. The maximum atomic E-state index is 12.2. The van der Waals surface area contributed by atoms with Gasteiger partial charge in [0.05, 0.1) is 12.0 Å². The molecular formula is C18H20N2O3. The van der Waals surface area contributed by atoms with Crippen molar-refractivity contribution < 1.29 is 14.7 Å². The molecule has 0 aliphatic carbocycles. The van der Waals surface area contributed by atoms with E-state index in [1.54, 1.807) is 50.2 Å². The molecule has 0 saturated carbocycles. The maximum Gasteiger partial charge on any atom is 0.249 e. The summed E-state index contributed by atoms with van der Waals surface area (Å²) in [5.74, 6) is -0.895. The van der Waals surface area contributed by atoms with Gasteiger partial charge in [-0.15, -0.1) is 0 Å². The number of aryl methyl sites for hydroxylation is 1. The van der Waals surface area contributed by atoms with Crippen LogP contribution in [0.4, 0.5) is 5.69 Å². The highest BCUT2D eigenvalue weighted by atomic mass is 16.3. The first kappa shape index (κ1) is 16.7. The van der Waals surface area contributed by atoms with Gasteiger partial charge in [-0.05, 0) is 37.1 Å². The lowest BCUT2D eigenvalue weighted by molar-refractivity contribution is -0.120. The largest absolute Gasteiger partial charge is 0.385 e. The van der Waals surface area contributed by atoms with E-state index in [1.165, 1.54) is 6.07 Å². The van der Waals surface area contributed by atoms with E-state index in [2.05, 4.69) is 5.32 Å². The number of carbonyl (C=O) groups is 2. The molecule has 4 N–H and O–H groups in total. The molecule has 5 nitrogen and oxygen atoms in total. The summed E-state index contributed by atoms with van der Waals surface area (Å²) in [6, 6.07) is 13.9. The smallest absolute Gasteiger partial charge is 0.249 e. The number of primary amides is 1. The Morgan fingerprint density at radius 3 is 2.43 bits per heavy atom. The fraction of sp³-hybridized carbons (Fsp3) is 0.222. The van der Waals surface area contributed by atoms with Crippen LogP contribution in [-0.2, 0) is 10.4 Å². The van der Waals surface area contributed by atoms with Crippen molar-refractivity contribution in [3.8, 4) is 0 Å². The number of aliphatic hydroxyl groups is 1. The van der Waals surface area contributed by atoms with Gasteiger partial charge in [-0.1, -0.05) is 36.4 Å². The Kier molecular flexibility index (Phi) is 4.81. The Morgan fingerprint density at radius 1 is 1.17 bits per heavy atom. The lowest BCUT2D eigenvalue weighted by Gasteiger charge is -2.23. The first-order valence-electron chi connectivity index (χ1n) is 7.28. The first-order chi connectivity index (χ1) is 10.8. The van der Waals surface area contributed by atoms with Crippen molar-refractivity contribution >= 4 is 17.5 Å². The van der Waals surface area contributed by atoms with Gasteiger partial charge in [-0.3, -0.25) is 9.59 Å². The van der Waals surface area contributed by atoms with E-state index in [0.29, 0.717) is 16.8 Å². The molecule has 0 spiro atoms. The van der Waals surface area contributed by atoms with Crippen molar-refractivity contribution in [2.24, 2.45) is 5.73 Å². The van der Waals surface area contributed by atoms with Crippen molar-refractivity contribution in [3.63, 3.8) is 0 Å². The average Bonchev–Trinajstić information content (AvgIpc) is 2.49. The second-order valence-electron chi connectivity index (χ2n) is 5.76. The van der Waals surface area contributed by atoms with Crippen LogP contribution in [-0.4, -0.2) is 16.9 Å². The van der Waals surface area contributed by atoms with Crippen LogP contribution >= 0.6 is 0 Å². The highest BCUT2D eigenvalue weighted by molar-refractivity contribution is 5.97. The Balaban J connectivity index is 2.11. The summed E-state index contributed by atoms with van der Waals surface area (Å²) >= 11 is 0. The minimum absolute atomic E-state index is 0.100. The topological polar surface area (TPSA) is 92.4 Å². The molecule has 2 aromatic rings. The fourth-order valence-electron chi connectivity index (χ4n) is 2.38. The molecule has 0 aromatic heterocycles. The summed E-state index contributed by atoms with van der Waals surface area (Å²) in [5.41, 5.74) is 6.26. The zero-order chi connectivity index (χ0) is 17.0. The highest BCUT2D eigenvalue weighted by Gasteiger charge is 2.26. The molecule has 23 heavy (non-hydrogen) atoms. The molecule has 0 bridgehead atoms. The molecular weight excluding hydrogens is 292 g/mol. The molecule has 120 valence electrons. The van der Waals surface area contributed by atoms with E-state index in [-0.39, 0.29) is 12.3 Å². The zero-order valence-electron chi connectivity index (χ0n) is 13.2. The van der Waals surface area contributed by atoms with Gasteiger partial charge in [0.2, 0.25) is 11.8 Å². The average molecular weight is 312 g/mol. The summed E-state index contributed by atoms with van der Waals surface area (Å²) in [6.07, 6.45) is -0.100. The van der Waals surface area contributed by atoms with E-state index in [9.17, 15) is 14.7 Å². The van der Waals surface area contributed by atoms with Crippen LogP contribution in [0.2, 0.25) is 0 Å². The Morgan fingerprint density at radius 2 is 1.83 bits per heavy atom. The van der Waals surface area contributed by atoms with Gasteiger partial charge in [0, 0.05) is 11.3 Å². The fourth-order valence-corrected chi connectivity index (χ4v) is 2.38. The summed E-state index contributed by atoms with van der Waals surface area (Å²) in [7, 11) is 0. The number of hydrogen-bond donors (Lipinski definition) is 3. The van der Waals surface area contributed by atoms with Gasteiger partial charge >= 0.3 is 0 Å². The number of carbonyl (C=O) groups excluding carboxylic acids is 2. The molecule has 0 fully saturated rings. The number of benzene rings is 2. The number of nitrogens with one attached hydrogen (secondary N) is 1. The number of hydrogen-bond acceptors (Lipinski definition) is 3. The lowest BCUT2D eigenvalue weighted by atomic mass is 9.92. The van der Waals surface area contributed by atoms with E-state index in [1.807, 2.05) is 6.07 Å². The van der Waals surface area contributed by atoms with Gasteiger partial charge in [0.15, 0.2) is 0 Å². The minimum atomic E-state index is -1.28. The van der Waals surface area contributed by atoms with E-state index in [4.69, 9.17) is 5.73 Å². The van der Waals surface area contributed by atoms with Gasteiger partial charge in [0.25, 0.3) is 0 Å². The molecule has 2 amide bonds. The molecule has 1 unspecified atom stereocenters. The zero-order valence-corrected chi connectivity index (χ0v) is 13.2. The number of anilines is 1. The Labute approximate surface area is 135 Å². The van der Waals surface area contributed by atoms with Crippen molar-refractivity contribution in [2.75, 3.05) is 5.32 Å². The molecule has 0 radical (unpaired) electrons. The molecule has 0 saturated heterocycles. The Hall–Kier alpha value is -2.66. The predicted octanol–water partition coefficient (Wildman–Crippen LogP) is 2.33. The number of rotatable bonds is 5. The third kappa shape index (κ3) is 4.17. The standard InChI is InChI=1S/C18H20N2O3/c1-12-8-9-14(10-15(12)17(19)22)20-16(21)11-18(2,23)13-6-4-3-5-7-13/h3-10,23H,11H2,1-2H3,(H2,19,22)(H,20,21). The van der Waals surface area contributed by atoms with Crippen LogP contribution in [0.3, 0.4) is 0 Å². The van der Waals surface area contributed by atoms with Crippen molar-refractivity contribution in [2.45, 2.75) is 25.9 Å². The van der Waals surface area contributed by atoms with Crippen LogP contribution in [0, 0.1) is 6.92 Å². The molecule has 0 aliphatic rings. The minimum Gasteiger partial charge on any atom is -0.385 e. The molecule has 5 heteroatoms. The summed E-state index contributed by atoms with van der Waals surface area (Å²) in [5, 5.41) is 13.2. The van der Waals surface area contributed by atoms with Crippen LogP contribution in [0.15, 0.2) is 48.5 Å². The van der Waals surface area contributed by atoms with Crippen LogP contribution < -0.4 is 11.1 Å². The van der Waals surface area contributed by atoms with Crippen LogP contribution in [0.1, 0.15) is 34.8 Å². The Bertz CT molecular complexity index is 724. The van der Waals surface area contributed by atoms with E-state index < -0.39 is 11.5 Å². The summed E-state index contributed by atoms with van der Waals surface area (Å²) < 4.78 is 0. The van der Waals surface area contributed by atoms with Crippen molar-refractivity contribution in [1.82, 2.24) is 0 Å². The second-order valence-corrected chi connectivity index (χ2v) is 5.76. The molecule has 1 atom stereocenters. The van der Waals surface area contributed by atoms with Crippen LogP contribution in [0.5, 0.6) is 0 Å². The molecule has 2 aromatic carbocycles. The van der Waals surface area contributed by atoms with Gasteiger partial charge in [0.1, 0.15) is 0 Å². The molecule has 2 rings (SSSR count). The van der Waals surface area contributed by atoms with Crippen molar-refractivity contribution in [3.05, 3.63) is 65.2 Å². The van der Waals surface area contributed by atoms with Gasteiger partial charge < -0.3 is 16.2 Å². The van der Waals surface area contributed by atoms with Gasteiger partial charge in [-0.25, -0.2) is 0 Å². The van der Waals surface area contributed by atoms with Crippen LogP contribution in [0.25, 0.3) is 0 Å². The maximum absolute atomic E-state index is 12.2. The molecule has 0 aliphatic heterocycles. The third-order valence-corrected chi connectivity index (χ3v) is 3.69. The highest BCUT2D eigenvalue weighted by Crippen LogP contribution is 2.25. The summed E-state index contributed by atoms with van der Waals surface area (Å²) in [4.78, 5) is 23.5. The monoisotopic (exact) mass is 312 g/mol. The number of nitrogens with two attached hydrogens (primary N) is 1. The van der Waals surface area contributed by atoms with Crippen molar-refractivity contribution in [1.29, 1.82) is 0 Å². The SMILES string of the molecule is Cc1ccc(NC(=O)CC(C)(O)c2ccccc2)cc1C(N)=O.